The predicted molar refractivity (Wildman–Crippen MR) is 67.8 cm³/mol. The Morgan fingerprint density at radius 1 is 1.18 bits per heavy atom. The molecule has 2 heterocycles. The average Bonchev–Trinajstić information content (AvgIpc) is 2.90. The number of halogens is 1. The Balaban J connectivity index is 1.71. The van der Waals surface area contributed by atoms with Crippen LogP contribution in [0.15, 0.2) is 24.3 Å². The lowest BCUT2D eigenvalue weighted by atomic mass is 10.2. The molecule has 92 valence electrons. The molecule has 0 aliphatic carbocycles. The molecule has 0 N–H and O–H groups in total. The highest BCUT2D eigenvalue weighted by Crippen LogP contribution is 2.34. The molecule has 2 fully saturated rings. The summed E-state index contributed by atoms with van der Waals surface area (Å²) in [5.41, 5.74) is 1.18. The van der Waals surface area contributed by atoms with Gasteiger partial charge in [0.2, 0.25) is 0 Å². The summed E-state index contributed by atoms with van der Waals surface area (Å²) in [6.45, 7) is 5.74. The van der Waals surface area contributed by atoms with Gasteiger partial charge in [0.1, 0.15) is 5.82 Å². The first kappa shape index (κ1) is 11.0. The molecule has 3 rings (SSSR count). The lowest BCUT2D eigenvalue weighted by Gasteiger charge is -2.35. The molecule has 2 aliphatic heterocycles. The van der Waals surface area contributed by atoms with Gasteiger partial charge in [-0.2, -0.15) is 0 Å². The third kappa shape index (κ3) is 1.93. The van der Waals surface area contributed by atoms with E-state index in [-0.39, 0.29) is 5.82 Å². The van der Waals surface area contributed by atoms with E-state index in [4.69, 9.17) is 0 Å². The highest BCUT2D eigenvalue weighted by Gasteiger charge is 2.42. The maximum Gasteiger partial charge on any atom is 0.123 e. The predicted octanol–water partition coefficient (Wildman–Crippen LogP) is 2.50. The third-order valence-corrected chi connectivity index (χ3v) is 4.02. The fourth-order valence-corrected chi connectivity index (χ4v) is 3.26. The fourth-order valence-electron chi connectivity index (χ4n) is 3.26. The van der Waals surface area contributed by atoms with Crippen LogP contribution < -0.4 is 4.90 Å². The molecular formula is C14H19FN2. The lowest BCUT2D eigenvalue weighted by Crippen LogP contribution is -2.46. The first-order chi connectivity index (χ1) is 8.28. The number of hydrogen-bond donors (Lipinski definition) is 0. The van der Waals surface area contributed by atoms with Gasteiger partial charge in [0.25, 0.3) is 0 Å². The van der Waals surface area contributed by atoms with Gasteiger partial charge in [0, 0.05) is 30.9 Å². The second-order valence-electron chi connectivity index (χ2n) is 5.17. The van der Waals surface area contributed by atoms with Crippen LogP contribution in [0.4, 0.5) is 10.1 Å². The Labute approximate surface area is 102 Å². The zero-order chi connectivity index (χ0) is 11.8. The van der Waals surface area contributed by atoms with E-state index in [2.05, 4.69) is 16.7 Å². The maximum atomic E-state index is 12.9. The zero-order valence-electron chi connectivity index (χ0n) is 10.3. The Bertz CT molecular complexity index is 390. The molecular weight excluding hydrogens is 215 g/mol. The summed E-state index contributed by atoms with van der Waals surface area (Å²) in [6, 6.07) is 8.28. The Morgan fingerprint density at radius 3 is 2.53 bits per heavy atom. The molecule has 2 atom stereocenters. The molecule has 2 unspecified atom stereocenters. The molecule has 0 radical (unpaired) electrons. The second-order valence-corrected chi connectivity index (χ2v) is 5.17. The van der Waals surface area contributed by atoms with E-state index >= 15 is 0 Å². The van der Waals surface area contributed by atoms with Crippen molar-refractivity contribution >= 4 is 5.69 Å². The van der Waals surface area contributed by atoms with Crippen LogP contribution in [0.3, 0.4) is 0 Å². The average molecular weight is 234 g/mol. The number of piperazine rings is 1. The number of likely N-dealkylation sites (tertiary alicyclic amines) is 1. The van der Waals surface area contributed by atoms with Crippen molar-refractivity contribution in [1.82, 2.24) is 4.90 Å². The van der Waals surface area contributed by atoms with E-state index in [1.54, 1.807) is 12.1 Å². The minimum absolute atomic E-state index is 0.147. The van der Waals surface area contributed by atoms with Gasteiger partial charge in [-0.05, 0) is 43.7 Å². The van der Waals surface area contributed by atoms with E-state index < -0.39 is 0 Å². The van der Waals surface area contributed by atoms with Crippen molar-refractivity contribution in [3.05, 3.63) is 30.1 Å². The van der Waals surface area contributed by atoms with Gasteiger partial charge >= 0.3 is 0 Å². The van der Waals surface area contributed by atoms with Gasteiger partial charge in [0.15, 0.2) is 0 Å². The van der Waals surface area contributed by atoms with Crippen molar-refractivity contribution in [2.24, 2.45) is 0 Å². The Morgan fingerprint density at radius 2 is 1.94 bits per heavy atom. The van der Waals surface area contributed by atoms with E-state index in [1.807, 2.05) is 12.1 Å². The van der Waals surface area contributed by atoms with Crippen molar-refractivity contribution in [2.45, 2.75) is 31.8 Å². The summed E-state index contributed by atoms with van der Waals surface area (Å²) in [5, 5.41) is 0. The molecule has 0 aromatic heterocycles. The van der Waals surface area contributed by atoms with Gasteiger partial charge in [-0.3, -0.25) is 4.90 Å². The normalized spacial score (nSPS) is 28.0. The molecule has 1 aromatic carbocycles. The minimum atomic E-state index is -0.147. The van der Waals surface area contributed by atoms with Crippen LogP contribution in [0.25, 0.3) is 0 Å². The van der Waals surface area contributed by atoms with Crippen LogP contribution in [0.1, 0.15) is 19.8 Å². The maximum absolute atomic E-state index is 12.9. The number of nitrogens with zero attached hydrogens (tertiary/aromatic N) is 2. The molecule has 2 aliphatic rings. The summed E-state index contributed by atoms with van der Waals surface area (Å²) >= 11 is 0. The smallest absolute Gasteiger partial charge is 0.123 e. The van der Waals surface area contributed by atoms with Crippen molar-refractivity contribution in [3.8, 4) is 0 Å². The molecule has 2 saturated heterocycles. The van der Waals surface area contributed by atoms with E-state index in [9.17, 15) is 4.39 Å². The summed E-state index contributed by atoms with van der Waals surface area (Å²) in [6.07, 6.45) is 2.51. The fraction of sp³-hybridized carbons (Fsp3) is 0.571. The second kappa shape index (κ2) is 4.30. The summed E-state index contributed by atoms with van der Waals surface area (Å²) in [7, 11) is 0. The van der Waals surface area contributed by atoms with Gasteiger partial charge in [-0.1, -0.05) is 6.92 Å². The van der Waals surface area contributed by atoms with Gasteiger partial charge in [-0.25, -0.2) is 4.39 Å². The molecule has 2 bridgehead atoms. The van der Waals surface area contributed by atoms with E-state index in [1.165, 1.54) is 31.6 Å². The van der Waals surface area contributed by atoms with Crippen molar-refractivity contribution in [3.63, 3.8) is 0 Å². The molecule has 0 amide bonds. The first-order valence-corrected chi connectivity index (χ1v) is 6.54. The van der Waals surface area contributed by atoms with Crippen LogP contribution in [0, 0.1) is 5.82 Å². The van der Waals surface area contributed by atoms with Crippen LogP contribution in [0.5, 0.6) is 0 Å². The van der Waals surface area contributed by atoms with Crippen LogP contribution in [0.2, 0.25) is 0 Å². The largest absolute Gasteiger partial charge is 0.366 e. The van der Waals surface area contributed by atoms with Crippen LogP contribution in [-0.4, -0.2) is 36.6 Å². The lowest BCUT2D eigenvalue weighted by molar-refractivity contribution is 0.239. The molecule has 0 saturated carbocycles. The van der Waals surface area contributed by atoms with E-state index in [0.717, 1.165) is 6.54 Å². The Kier molecular flexibility index (Phi) is 2.79. The van der Waals surface area contributed by atoms with Gasteiger partial charge in [-0.15, -0.1) is 0 Å². The van der Waals surface area contributed by atoms with Crippen LogP contribution >= 0.6 is 0 Å². The standard InChI is InChI=1S/C14H19FN2/c1-2-7-16-9-14-8-13(16)10-17(14)12-5-3-11(15)4-6-12/h3-6,13-14H,2,7-10H2,1H3. The Hall–Kier alpha value is -1.09. The number of benzene rings is 1. The molecule has 1 aromatic rings. The van der Waals surface area contributed by atoms with E-state index in [0.29, 0.717) is 12.1 Å². The topological polar surface area (TPSA) is 6.48 Å². The van der Waals surface area contributed by atoms with Gasteiger partial charge < -0.3 is 4.90 Å². The quantitative estimate of drug-likeness (QED) is 0.793. The molecule has 0 spiro atoms. The summed E-state index contributed by atoms with van der Waals surface area (Å²) in [4.78, 5) is 5.04. The summed E-state index contributed by atoms with van der Waals surface area (Å²) < 4.78 is 12.9. The molecule has 17 heavy (non-hydrogen) atoms. The number of hydrogen-bond acceptors (Lipinski definition) is 2. The highest BCUT2D eigenvalue weighted by molar-refractivity contribution is 5.50. The number of anilines is 1. The van der Waals surface area contributed by atoms with Gasteiger partial charge in [0.05, 0.1) is 0 Å². The van der Waals surface area contributed by atoms with Crippen molar-refractivity contribution in [1.29, 1.82) is 0 Å². The number of fused-ring (bicyclic) bond motifs is 2. The monoisotopic (exact) mass is 234 g/mol. The first-order valence-electron chi connectivity index (χ1n) is 6.54. The highest BCUT2D eigenvalue weighted by atomic mass is 19.1. The van der Waals surface area contributed by atoms with Crippen molar-refractivity contribution in [2.75, 3.05) is 24.5 Å². The molecule has 3 heteroatoms. The molecule has 2 nitrogen and oxygen atoms in total. The zero-order valence-corrected chi connectivity index (χ0v) is 10.3. The summed E-state index contributed by atoms with van der Waals surface area (Å²) in [5.74, 6) is -0.147. The minimum Gasteiger partial charge on any atom is -0.366 e. The van der Waals surface area contributed by atoms with Crippen LogP contribution in [-0.2, 0) is 0 Å². The number of rotatable bonds is 3. The third-order valence-electron chi connectivity index (χ3n) is 4.02. The van der Waals surface area contributed by atoms with Crippen molar-refractivity contribution < 1.29 is 4.39 Å². The SMILES string of the molecule is CCCN1CC2CC1CN2c1ccc(F)cc1.